The van der Waals surface area contributed by atoms with E-state index in [9.17, 15) is 0 Å². The zero-order chi connectivity index (χ0) is 12.8. The van der Waals surface area contributed by atoms with Gasteiger partial charge in [-0.05, 0) is 37.4 Å². The average molecular weight is 231 g/mol. The molecule has 0 saturated heterocycles. The third kappa shape index (κ3) is 4.35. The highest BCUT2D eigenvalue weighted by Crippen LogP contribution is 2.18. The number of rotatable bonds is 5. The van der Waals surface area contributed by atoms with Crippen LogP contribution in [0.4, 0.5) is 0 Å². The third-order valence-corrected chi connectivity index (χ3v) is 3.09. The molecule has 1 nitrogen and oxygen atoms in total. The van der Waals surface area contributed by atoms with Crippen molar-refractivity contribution in [1.29, 1.82) is 0 Å². The summed E-state index contributed by atoms with van der Waals surface area (Å²) >= 11 is 0. The Bertz CT molecular complexity index is 389. The van der Waals surface area contributed by atoms with Crippen molar-refractivity contribution in [3.8, 4) is 0 Å². The lowest BCUT2D eigenvalue weighted by Gasteiger charge is -2.13. The summed E-state index contributed by atoms with van der Waals surface area (Å²) in [6.45, 7) is 13.0. The molecule has 1 N–H and O–H groups in total. The predicted molar refractivity (Wildman–Crippen MR) is 77.3 cm³/mol. The minimum absolute atomic E-state index is 0.592. The Labute approximate surface area is 106 Å². The zero-order valence-electron chi connectivity index (χ0n) is 11.8. The standard InChI is InChI=1S/C16H25N/c1-6-17-11-16(12(2)3)10-15-8-7-13(4)9-14(15)5/h7-10,12,17H,6,11H2,1-5H3. The van der Waals surface area contributed by atoms with Gasteiger partial charge in [0.1, 0.15) is 0 Å². The second-order valence-corrected chi connectivity index (χ2v) is 5.01. The molecule has 0 unspecified atom stereocenters. The van der Waals surface area contributed by atoms with Crippen molar-refractivity contribution in [2.24, 2.45) is 5.92 Å². The van der Waals surface area contributed by atoms with Crippen molar-refractivity contribution >= 4 is 6.08 Å². The lowest BCUT2D eigenvalue weighted by atomic mass is 9.97. The Kier molecular flexibility index (Phi) is 5.43. The highest BCUT2D eigenvalue weighted by Gasteiger charge is 2.04. The molecule has 0 aliphatic heterocycles. The first-order chi connectivity index (χ1) is 8.04. The van der Waals surface area contributed by atoms with Crippen LogP contribution in [-0.4, -0.2) is 13.1 Å². The van der Waals surface area contributed by atoms with Crippen molar-refractivity contribution in [3.63, 3.8) is 0 Å². The summed E-state index contributed by atoms with van der Waals surface area (Å²) in [6, 6.07) is 6.65. The maximum atomic E-state index is 3.41. The first-order valence-corrected chi connectivity index (χ1v) is 6.53. The van der Waals surface area contributed by atoms with Gasteiger partial charge in [0, 0.05) is 6.54 Å². The molecule has 0 radical (unpaired) electrons. The molecule has 1 rings (SSSR count). The topological polar surface area (TPSA) is 12.0 Å². The van der Waals surface area contributed by atoms with Gasteiger partial charge in [-0.2, -0.15) is 0 Å². The van der Waals surface area contributed by atoms with Crippen LogP contribution in [-0.2, 0) is 0 Å². The smallest absolute Gasteiger partial charge is 0.0170 e. The minimum atomic E-state index is 0.592. The zero-order valence-corrected chi connectivity index (χ0v) is 11.8. The second kappa shape index (κ2) is 6.61. The van der Waals surface area contributed by atoms with Crippen LogP contribution in [0.1, 0.15) is 37.5 Å². The van der Waals surface area contributed by atoms with Crippen LogP contribution in [0.5, 0.6) is 0 Å². The molecule has 0 fully saturated rings. The molecule has 0 bridgehead atoms. The molecular formula is C16H25N. The van der Waals surface area contributed by atoms with Gasteiger partial charge in [-0.1, -0.05) is 56.2 Å². The maximum Gasteiger partial charge on any atom is 0.0170 e. The van der Waals surface area contributed by atoms with Gasteiger partial charge in [-0.15, -0.1) is 0 Å². The van der Waals surface area contributed by atoms with Crippen molar-refractivity contribution in [3.05, 3.63) is 40.5 Å². The quantitative estimate of drug-likeness (QED) is 0.809. The number of hydrogen-bond donors (Lipinski definition) is 1. The summed E-state index contributed by atoms with van der Waals surface area (Å²) < 4.78 is 0. The van der Waals surface area contributed by atoms with E-state index in [1.165, 1.54) is 22.3 Å². The van der Waals surface area contributed by atoms with E-state index in [0.717, 1.165) is 13.1 Å². The van der Waals surface area contributed by atoms with Crippen molar-refractivity contribution in [2.45, 2.75) is 34.6 Å². The molecule has 1 aromatic carbocycles. The van der Waals surface area contributed by atoms with Crippen LogP contribution in [0.15, 0.2) is 23.8 Å². The van der Waals surface area contributed by atoms with Crippen LogP contribution < -0.4 is 5.32 Å². The molecule has 0 aliphatic carbocycles. The van der Waals surface area contributed by atoms with Crippen molar-refractivity contribution < 1.29 is 0 Å². The molecule has 0 aromatic heterocycles. The van der Waals surface area contributed by atoms with Gasteiger partial charge in [-0.25, -0.2) is 0 Å². The van der Waals surface area contributed by atoms with Gasteiger partial charge < -0.3 is 5.32 Å². The first-order valence-electron chi connectivity index (χ1n) is 6.53. The SMILES string of the molecule is CCNCC(=Cc1ccc(C)cc1C)C(C)C. The summed E-state index contributed by atoms with van der Waals surface area (Å²) in [7, 11) is 0. The fraction of sp³-hybridized carbons (Fsp3) is 0.500. The maximum absolute atomic E-state index is 3.41. The molecule has 0 amide bonds. The van der Waals surface area contributed by atoms with Gasteiger partial charge in [-0.3, -0.25) is 0 Å². The molecule has 0 aliphatic rings. The Morgan fingerprint density at radius 2 is 2.00 bits per heavy atom. The number of hydrogen-bond acceptors (Lipinski definition) is 1. The molecule has 0 saturated carbocycles. The van der Waals surface area contributed by atoms with E-state index in [-0.39, 0.29) is 0 Å². The van der Waals surface area contributed by atoms with Crippen molar-refractivity contribution in [1.82, 2.24) is 5.32 Å². The largest absolute Gasteiger partial charge is 0.313 e. The van der Waals surface area contributed by atoms with E-state index < -0.39 is 0 Å². The van der Waals surface area contributed by atoms with Crippen molar-refractivity contribution in [2.75, 3.05) is 13.1 Å². The molecule has 17 heavy (non-hydrogen) atoms. The van der Waals surface area contributed by atoms with Crippen LogP contribution >= 0.6 is 0 Å². The first kappa shape index (κ1) is 14.0. The average Bonchev–Trinajstić information content (AvgIpc) is 2.26. The van der Waals surface area contributed by atoms with Gasteiger partial charge >= 0.3 is 0 Å². The molecule has 1 heteroatoms. The second-order valence-electron chi connectivity index (χ2n) is 5.01. The fourth-order valence-corrected chi connectivity index (χ4v) is 1.88. The van der Waals surface area contributed by atoms with Gasteiger partial charge in [0.25, 0.3) is 0 Å². The van der Waals surface area contributed by atoms with E-state index in [1.54, 1.807) is 0 Å². The predicted octanol–water partition coefficient (Wildman–Crippen LogP) is 3.95. The van der Waals surface area contributed by atoms with Crippen LogP contribution in [0.3, 0.4) is 0 Å². The van der Waals surface area contributed by atoms with E-state index in [0.29, 0.717) is 5.92 Å². The highest BCUT2D eigenvalue weighted by atomic mass is 14.8. The monoisotopic (exact) mass is 231 g/mol. The Morgan fingerprint density at radius 3 is 2.53 bits per heavy atom. The normalized spacial score (nSPS) is 12.2. The number of benzene rings is 1. The van der Waals surface area contributed by atoms with Gasteiger partial charge in [0.15, 0.2) is 0 Å². The van der Waals surface area contributed by atoms with E-state index >= 15 is 0 Å². The molecule has 0 heterocycles. The van der Waals surface area contributed by atoms with E-state index in [4.69, 9.17) is 0 Å². The number of aryl methyl sites for hydroxylation is 2. The number of nitrogens with one attached hydrogen (secondary N) is 1. The molecule has 1 aromatic rings. The van der Waals surface area contributed by atoms with E-state index in [2.05, 4.69) is 64.2 Å². The van der Waals surface area contributed by atoms with E-state index in [1.807, 2.05) is 0 Å². The summed E-state index contributed by atoms with van der Waals surface area (Å²) in [5, 5.41) is 3.41. The van der Waals surface area contributed by atoms with Crippen LogP contribution in [0, 0.1) is 19.8 Å². The van der Waals surface area contributed by atoms with Gasteiger partial charge in [0.2, 0.25) is 0 Å². The molecule has 94 valence electrons. The lowest BCUT2D eigenvalue weighted by molar-refractivity contribution is 0.682. The van der Waals surface area contributed by atoms with Crippen LogP contribution in [0.2, 0.25) is 0 Å². The fourth-order valence-electron chi connectivity index (χ4n) is 1.88. The summed E-state index contributed by atoms with van der Waals surface area (Å²) in [5.74, 6) is 0.592. The lowest BCUT2D eigenvalue weighted by Crippen LogP contribution is -2.18. The summed E-state index contributed by atoms with van der Waals surface area (Å²) in [5.41, 5.74) is 5.51. The summed E-state index contributed by atoms with van der Waals surface area (Å²) in [6.07, 6.45) is 2.34. The van der Waals surface area contributed by atoms with Gasteiger partial charge in [0.05, 0.1) is 0 Å². The molecule has 0 spiro atoms. The Balaban J connectivity index is 2.95. The Hall–Kier alpha value is -1.08. The number of likely N-dealkylation sites (N-methyl/N-ethyl adjacent to an activating group) is 1. The third-order valence-electron chi connectivity index (χ3n) is 3.09. The minimum Gasteiger partial charge on any atom is -0.313 e. The molecular weight excluding hydrogens is 206 g/mol. The Morgan fingerprint density at radius 1 is 1.29 bits per heavy atom. The summed E-state index contributed by atoms with van der Waals surface area (Å²) in [4.78, 5) is 0. The van der Waals surface area contributed by atoms with Crippen LogP contribution in [0.25, 0.3) is 6.08 Å². The highest BCUT2D eigenvalue weighted by molar-refractivity contribution is 5.57. The molecule has 0 atom stereocenters.